The van der Waals surface area contributed by atoms with Gasteiger partial charge >= 0.3 is 0 Å². The van der Waals surface area contributed by atoms with Crippen LogP contribution in [0.1, 0.15) is 30.3 Å². The third-order valence-electron chi connectivity index (χ3n) is 3.93. The quantitative estimate of drug-likeness (QED) is 0.874. The normalized spacial score (nSPS) is 19.0. The first-order valence-corrected chi connectivity index (χ1v) is 7.55. The lowest BCUT2D eigenvalue weighted by molar-refractivity contribution is 0.0709. The number of rotatable bonds is 6. The molecule has 1 N–H and O–H groups in total. The summed E-state index contributed by atoms with van der Waals surface area (Å²) in [5.41, 5.74) is 0.348. The SMILES string of the molecule is CCN(CC1CCCNC1)C(=O)c1cccn1CC(F)F. The molecule has 0 saturated carbocycles. The van der Waals surface area contributed by atoms with E-state index in [1.165, 1.54) is 10.8 Å². The number of amides is 1. The van der Waals surface area contributed by atoms with E-state index in [1.807, 2.05) is 6.92 Å². The maximum absolute atomic E-state index is 12.6. The molecule has 1 aromatic rings. The van der Waals surface area contributed by atoms with Crippen molar-refractivity contribution in [3.05, 3.63) is 24.0 Å². The lowest BCUT2D eigenvalue weighted by Gasteiger charge is -2.29. The van der Waals surface area contributed by atoms with Crippen LogP contribution in [0.25, 0.3) is 0 Å². The minimum atomic E-state index is -2.46. The van der Waals surface area contributed by atoms with Gasteiger partial charge in [-0.05, 0) is 50.9 Å². The van der Waals surface area contributed by atoms with Crippen LogP contribution in [0, 0.1) is 5.92 Å². The summed E-state index contributed by atoms with van der Waals surface area (Å²) in [6.45, 7) is 4.72. The molecule has 1 saturated heterocycles. The van der Waals surface area contributed by atoms with Crippen molar-refractivity contribution in [1.29, 1.82) is 0 Å². The fourth-order valence-corrected chi connectivity index (χ4v) is 2.83. The second kappa shape index (κ2) is 7.54. The minimum absolute atomic E-state index is 0.159. The highest BCUT2D eigenvalue weighted by atomic mass is 19.3. The lowest BCUT2D eigenvalue weighted by atomic mass is 9.99. The Hall–Kier alpha value is -1.43. The van der Waals surface area contributed by atoms with Crippen molar-refractivity contribution in [3.63, 3.8) is 0 Å². The summed E-state index contributed by atoms with van der Waals surface area (Å²) in [6, 6.07) is 3.26. The van der Waals surface area contributed by atoms with Gasteiger partial charge in [-0.1, -0.05) is 0 Å². The Labute approximate surface area is 124 Å². The predicted octanol–water partition coefficient (Wildman–Crippen LogP) is 2.21. The Morgan fingerprint density at radius 1 is 1.57 bits per heavy atom. The standard InChI is InChI=1S/C15H23F2N3O/c1-2-19(10-12-5-3-7-18-9-12)15(21)13-6-4-8-20(13)11-14(16)17/h4,6,8,12,14,18H,2-3,5,7,9-11H2,1H3. The van der Waals surface area contributed by atoms with E-state index in [4.69, 9.17) is 0 Å². The molecule has 6 heteroatoms. The van der Waals surface area contributed by atoms with Crippen molar-refractivity contribution in [2.24, 2.45) is 5.92 Å². The van der Waals surface area contributed by atoms with Crippen LogP contribution >= 0.6 is 0 Å². The number of piperidine rings is 1. The Morgan fingerprint density at radius 3 is 3.00 bits per heavy atom. The number of hydrogen-bond acceptors (Lipinski definition) is 2. The summed E-state index contributed by atoms with van der Waals surface area (Å²) >= 11 is 0. The van der Waals surface area contributed by atoms with Gasteiger partial charge in [-0.25, -0.2) is 8.78 Å². The van der Waals surface area contributed by atoms with Gasteiger partial charge in [-0.3, -0.25) is 4.79 Å². The average molecular weight is 299 g/mol. The van der Waals surface area contributed by atoms with Crippen molar-refractivity contribution in [2.75, 3.05) is 26.2 Å². The summed E-state index contributed by atoms with van der Waals surface area (Å²) in [4.78, 5) is 14.3. The van der Waals surface area contributed by atoms with Crippen LogP contribution in [0.15, 0.2) is 18.3 Å². The van der Waals surface area contributed by atoms with Crippen molar-refractivity contribution >= 4 is 5.91 Å². The topological polar surface area (TPSA) is 37.3 Å². The molecule has 21 heavy (non-hydrogen) atoms. The fraction of sp³-hybridized carbons (Fsp3) is 0.667. The van der Waals surface area contributed by atoms with E-state index in [2.05, 4.69) is 5.32 Å². The van der Waals surface area contributed by atoms with Crippen LogP contribution in [-0.4, -0.2) is 48.0 Å². The predicted molar refractivity (Wildman–Crippen MR) is 77.6 cm³/mol. The fourth-order valence-electron chi connectivity index (χ4n) is 2.83. The third kappa shape index (κ3) is 4.27. The first-order chi connectivity index (χ1) is 10.1. The Kier molecular flexibility index (Phi) is 5.73. The number of nitrogens with one attached hydrogen (secondary N) is 1. The number of carbonyl (C=O) groups is 1. The zero-order valence-corrected chi connectivity index (χ0v) is 12.4. The van der Waals surface area contributed by atoms with Crippen LogP contribution in [0.3, 0.4) is 0 Å². The van der Waals surface area contributed by atoms with E-state index in [9.17, 15) is 13.6 Å². The molecule has 1 aliphatic heterocycles. The molecular formula is C15H23F2N3O. The van der Waals surface area contributed by atoms with Gasteiger partial charge in [0.05, 0.1) is 6.54 Å². The van der Waals surface area contributed by atoms with E-state index < -0.39 is 13.0 Å². The molecule has 1 amide bonds. The molecule has 0 radical (unpaired) electrons. The number of carbonyl (C=O) groups excluding carboxylic acids is 1. The van der Waals surface area contributed by atoms with Gasteiger partial charge in [0.2, 0.25) is 0 Å². The van der Waals surface area contributed by atoms with E-state index in [0.717, 1.165) is 25.9 Å². The highest BCUT2D eigenvalue weighted by Crippen LogP contribution is 2.15. The van der Waals surface area contributed by atoms with Crippen LogP contribution in [0.2, 0.25) is 0 Å². The van der Waals surface area contributed by atoms with Crippen molar-refractivity contribution in [2.45, 2.75) is 32.7 Å². The van der Waals surface area contributed by atoms with Crippen LogP contribution in [0.5, 0.6) is 0 Å². The summed E-state index contributed by atoms with van der Waals surface area (Å²) in [6.07, 6.45) is 1.31. The van der Waals surface area contributed by atoms with Crippen LogP contribution < -0.4 is 5.32 Å². The Balaban J connectivity index is 2.03. The molecule has 4 nitrogen and oxygen atoms in total. The molecule has 0 aromatic carbocycles. The molecule has 0 spiro atoms. The van der Waals surface area contributed by atoms with Crippen molar-refractivity contribution < 1.29 is 13.6 Å². The average Bonchev–Trinajstić information content (AvgIpc) is 2.92. The molecule has 0 aliphatic carbocycles. The molecule has 1 aromatic heterocycles. The highest BCUT2D eigenvalue weighted by Gasteiger charge is 2.23. The summed E-state index contributed by atoms with van der Waals surface area (Å²) in [5.74, 6) is 0.287. The second-order valence-electron chi connectivity index (χ2n) is 5.49. The Morgan fingerprint density at radius 2 is 2.38 bits per heavy atom. The number of halogens is 2. The van der Waals surface area contributed by atoms with Gasteiger partial charge < -0.3 is 14.8 Å². The summed E-state index contributed by atoms with van der Waals surface area (Å²) < 4.78 is 26.4. The van der Waals surface area contributed by atoms with E-state index in [0.29, 0.717) is 24.7 Å². The minimum Gasteiger partial charge on any atom is -0.338 e. The number of nitrogens with zero attached hydrogens (tertiary/aromatic N) is 2. The molecule has 2 rings (SSSR count). The molecular weight excluding hydrogens is 276 g/mol. The number of hydrogen-bond donors (Lipinski definition) is 1. The zero-order valence-electron chi connectivity index (χ0n) is 12.4. The summed E-state index contributed by atoms with van der Waals surface area (Å²) in [5, 5.41) is 3.33. The van der Waals surface area contributed by atoms with Gasteiger partial charge in [0.25, 0.3) is 12.3 Å². The molecule has 0 bridgehead atoms. The van der Waals surface area contributed by atoms with Crippen molar-refractivity contribution in [1.82, 2.24) is 14.8 Å². The van der Waals surface area contributed by atoms with E-state index >= 15 is 0 Å². The van der Waals surface area contributed by atoms with Crippen LogP contribution in [0.4, 0.5) is 8.78 Å². The van der Waals surface area contributed by atoms with Gasteiger partial charge in [-0.15, -0.1) is 0 Å². The smallest absolute Gasteiger partial charge is 0.270 e. The van der Waals surface area contributed by atoms with E-state index in [-0.39, 0.29) is 5.91 Å². The first-order valence-electron chi connectivity index (χ1n) is 7.55. The first kappa shape index (κ1) is 15.9. The summed E-state index contributed by atoms with van der Waals surface area (Å²) in [7, 11) is 0. The largest absolute Gasteiger partial charge is 0.338 e. The third-order valence-corrected chi connectivity index (χ3v) is 3.93. The van der Waals surface area contributed by atoms with E-state index in [1.54, 1.807) is 17.0 Å². The van der Waals surface area contributed by atoms with Gasteiger partial charge in [0.15, 0.2) is 0 Å². The molecule has 118 valence electrons. The molecule has 1 fully saturated rings. The number of alkyl halides is 2. The second-order valence-corrected chi connectivity index (χ2v) is 5.49. The van der Waals surface area contributed by atoms with Gasteiger partial charge in [-0.2, -0.15) is 0 Å². The van der Waals surface area contributed by atoms with Gasteiger partial charge in [0.1, 0.15) is 5.69 Å². The highest BCUT2D eigenvalue weighted by molar-refractivity contribution is 5.92. The molecule has 2 heterocycles. The van der Waals surface area contributed by atoms with Gasteiger partial charge in [0, 0.05) is 19.3 Å². The molecule has 1 aliphatic rings. The maximum Gasteiger partial charge on any atom is 0.270 e. The zero-order chi connectivity index (χ0) is 15.2. The Bertz CT molecular complexity index is 456. The number of aromatic nitrogens is 1. The lowest BCUT2D eigenvalue weighted by Crippen LogP contribution is -2.41. The van der Waals surface area contributed by atoms with Crippen LogP contribution in [-0.2, 0) is 6.54 Å². The van der Waals surface area contributed by atoms with Crippen molar-refractivity contribution in [3.8, 4) is 0 Å². The maximum atomic E-state index is 12.6. The monoisotopic (exact) mass is 299 g/mol. The molecule has 1 unspecified atom stereocenters. The molecule has 1 atom stereocenters.